The van der Waals surface area contributed by atoms with Gasteiger partial charge >= 0.3 is 0 Å². The Labute approximate surface area is 306 Å². The van der Waals surface area contributed by atoms with E-state index < -0.39 is 0 Å². The van der Waals surface area contributed by atoms with Gasteiger partial charge in [0.2, 0.25) is 0 Å². The number of hydrogen-bond donors (Lipinski definition) is 2. The Morgan fingerprint density at radius 1 is 0.923 bits per heavy atom. The van der Waals surface area contributed by atoms with E-state index in [0.29, 0.717) is 11.8 Å². The van der Waals surface area contributed by atoms with E-state index >= 15 is 0 Å². The first kappa shape index (κ1) is 31.6. The van der Waals surface area contributed by atoms with E-state index in [1.54, 1.807) is 5.56 Å². The molecule has 3 heterocycles. The molecule has 52 heavy (non-hydrogen) atoms. The van der Waals surface area contributed by atoms with Crippen LogP contribution in [0.15, 0.2) is 130 Å². The van der Waals surface area contributed by atoms with Crippen LogP contribution in [-0.4, -0.2) is 16.6 Å². The molecule has 4 aliphatic carbocycles. The van der Waals surface area contributed by atoms with Gasteiger partial charge < -0.3 is 14.3 Å². The van der Waals surface area contributed by atoms with Crippen LogP contribution in [0.4, 0.5) is 0 Å². The second-order valence-corrected chi connectivity index (χ2v) is 15.7. The number of aliphatic imine (C=N–C) groups is 1. The van der Waals surface area contributed by atoms with Crippen molar-refractivity contribution in [2.45, 2.75) is 88.5 Å². The molecule has 5 heteroatoms. The van der Waals surface area contributed by atoms with Gasteiger partial charge in [-0.2, -0.15) is 0 Å². The van der Waals surface area contributed by atoms with Gasteiger partial charge in [-0.15, -0.1) is 0 Å². The van der Waals surface area contributed by atoms with Crippen LogP contribution in [0.5, 0.6) is 0 Å². The van der Waals surface area contributed by atoms with Gasteiger partial charge in [0.15, 0.2) is 0 Å². The zero-order valence-electron chi connectivity index (χ0n) is 30.1. The van der Waals surface area contributed by atoms with Gasteiger partial charge in [-0.25, -0.2) is 4.99 Å². The highest BCUT2D eigenvalue weighted by Gasteiger charge is 2.37. The molecule has 2 aromatic heterocycles. The molecule has 2 N–H and O–H groups in total. The van der Waals surface area contributed by atoms with Crippen LogP contribution >= 0.6 is 0 Å². The lowest BCUT2D eigenvalue weighted by Gasteiger charge is -2.34. The zero-order chi connectivity index (χ0) is 34.8. The molecule has 10 rings (SSSR count). The molecule has 0 amide bonds. The van der Waals surface area contributed by atoms with E-state index in [2.05, 4.69) is 150 Å². The fourth-order valence-corrected chi connectivity index (χ4v) is 9.53. The molecule has 0 saturated carbocycles. The molecule has 0 spiro atoms. The summed E-state index contributed by atoms with van der Waals surface area (Å²) in [5, 5.41) is 10.2. The largest absolute Gasteiger partial charge is 0.460 e. The smallest absolute Gasteiger partial charge is 0.135 e. The van der Waals surface area contributed by atoms with Crippen LogP contribution in [0, 0.1) is 0 Å². The Morgan fingerprint density at radius 3 is 2.75 bits per heavy atom. The first-order valence-electron chi connectivity index (χ1n) is 19.3. The normalized spacial score (nSPS) is 26.6. The third-order valence-corrected chi connectivity index (χ3v) is 12.1. The minimum Gasteiger partial charge on any atom is -0.460 e. The van der Waals surface area contributed by atoms with Crippen molar-refractivity contribution in [2.24, 2.45) is 4.99 Å². The van der Waals surface area contributed by atoms with E-state index in [0.717, 1.165) is 60.4 Å². The van der Waals surface area contributed by atoms with E-state index in [4.69, 9.17) is 9.41 Å². The lowest BCUT2D eigenvalue weighted by Crippen LogP contribution is -2.52. The Kier molecular flexibility index (Phi) is 7.61. The number of aromatic nitrogens is 1. The molecule has 0 radical (unpaired) electrons. The predicted octanol–water partition coefficient (Wildman–Crippen LogP) is 10.7. The van der Waals surface area contributed by atoms with Crippen LogP contribution in [0.2, 0.25) is 0 Å². The second-order valence-electron chi connectivity index (χ2n) is 15.7. The maximum absolute atomic E-state index is 6.84. The second kappa shape index (κ2) is 12.5. The summed E-state index contributed by atoms with van der Waals surface area (Å²) in [5.41, 5.74) is 11.1. The summed E-state index contributed by atoms with van der Waals surface area (Å²) in [6.07, 6.45) is 27.8. The van der Waals surface area contributed by atoms with Crippen molar-refractivity contribution >= 4 is 33.8 Å². The van der Waals surface area contributed by atoms with Crippen LogP contribution in [0.25, 0.3) is 27.9 Å². The highest BCUT2D eigenvalue weighted by molar-refractivity contribution is 6.00. The van der Waals surface area contributed by atoms with Gasteiger partial charge in [0.25, 0.3) is 0 Å². The van der Waals surface area contributed by atoms with Gasteiger partial charge in [-0.1, -0.05) is 110 Å². The van der Waals surface area contributed by atoms with Crippen molar-refractivity contribution in [3.63, 3.8) is 0 Å². The molecule has 5 atom stereocenters. The van der Waals surface area contributed by atoms with Crippen LogP contribution in [-0.2, 0) is 18.4 Å². The summed E-state index contributed by atoms with van der Waals surface area (Å²) < 4.78 is 9.48. The topological polar surface area (TPSA) is 54.5 Å². The molecular formula is C47H46N4O. The summed E-state index contributed by atoms with van der Waals surface area (Å²) in [6.45, 7) is 4.79. The van der Waals surface area contributed by atoms with Gasteiger partial charge in [0.1, 0.15) is 29.5 Å². The SMILES string of the molecule is CC1CCCc2c1c1ccccc1n2C1(C)C=Cc2c(oc3cc(C4N=C(c5cccc(C6C=CC=CC6)c5)NC(C5=CCCC=C5)N4)ccc23)C1. The first-order valence-corrected chi connectivity index (χ1v) is 19.3. The number of nitrogens with zero attached hydrogens (tertiary/aromatic N) is 2. The first-order chi connectivity index (χ1) is 25.5. The van der Waals surface area contributed by atoms with E-state index in [1.807, 2.05) is 0 Å². The van der Waals surface area contributed by atoms with Crippen molar-refractivity contribution in [1.29, 1.82) is 0 Å². The van der Waals surface area contributed by atoms with Crippen molar-refractivity contribution in [3.8, 4) is 0 Å². The minimum absolute atomic E-state index is 0.0515. The average molecular weight is 683 g/mol. The lowest BCUT2D eigenvalue weighted by atomic mass is 9.84. The number of para-hydroxylation sites is 1. The highest BCUT2D eigenvalue weighted by atomic mass is 16.3. The van der Waals surface area contributed by atoms with Crippen LogP contribution in [0.1, 0.15) is 103 Å². The third kappa shape index (κ3) is 5.28. The molecule has 0 bridgehead atoms. The van der Waals surface area contributed by atoms with Crippen molar-refractivity contribution in [1.82, 2.24) is 15.2 Å². The van der Waals surface area contributed by atoms with Crippen molar-refractivity contribution in [2.75, 3.05) is 0 Å². The molecule has 260 valence electrons. The number of rotatable bonds is 5. The third-order valence-electron chi connectivity index (χ3n) is 12.1. The van der Waals surface area contributed by atoms with Crippen LogP contribution in [0.3, 0.4) is 0 Å². The van der Waals surface area contributed by atoms with Crippen molar-refractivity contribution in [3.05, 3.63) is 160 Å². The molecule has 0 fully saturated rings. The fourth-order valence-electron chi connectivity index (χ4n) is 9.53. The van der Waals surface area contributed by atoms with Gasteiger partial charge in [-0.05, 0) is 91.8 Å². The number of benzene rings is 3. The number of amidine groups is 1. The zero-order valence-corrected chi connectivity index (χ0v) is 30.1. The molecular weight excluding hydrogens is 637 g/mol. The fraction of sp³-hybridized carbons (Fsp3) is 0.298. The Balaban J connectivity index is 1.01. The Hall–Kier alpha value is -5.13. The molecule has 5 nitrogen and oxygen atoms in total. The van der Waals surface area contributed by atoms with E-state index in [9.17, 15) is 0 Å². The van der Waals surface area contributed by atoms with E-state index in [1.165, 1.54) is 51.5 Å². The number of furan rings is 1. The summed E-state index contributed by atoms with van der Waals surface area (Å²) in [5.74, 6) is 2.95. The number of nitrogens with one attached hydrogen (secondary N) is 2. The summed E-state index contributed by atoms with van der Waals surface area (Å²) in [7, 11) is 0. The maximum Gasteiger partial charge on any atom is 0.135 e. The monoisotopic (exact) mass is 682 g/mol. The summed E-state index contributed by atoms with van der Waals surface area (Å²) in [4.78, 5) is 5.33. The number of hydrogen-bond acceptors (Lipinski definition) is 4. The average Bonchev–Trinajstić information content (AvgIpc) is 3.74. The highest BCUT2D eigenvalue weighted by Crippen LogP contribution is 2.45. The maximum atomic E-state index is 6.84. The van der Waals surface area contributed by atoms with Gasteiger partial charge in [0.05, 0.1) is 5.54 Å². The quantitative estimate of drug-likeness (QED) is 0.194. The summed E-state index contributed by atoms with van der Waals surface area (Å²) in [6, 6.07) is 24.6. The minimum atomic E-state index is -0.231. The van der Waals surface area contributed by atoms with Crippen molar-refractivity contribution < 1.29 is 4.42 Å². The van der Waals surface area contributed by atoms with Crippen LogP contribution < -0.4 is 10.6 Å². The molecule has 5 aliphatic rings. The lowest BCUT2D eigenvalue weighted by molar-refractivity contribution is 0.363. The molecule has 1 aliphatic heterocycles. The van der Waals surface area contributed by atoms with E-state index in [-0.39, 0.29) is 17.9 Å². The predicted molar refractivity (Wildman–Crippen MR) is 214 cm³/mol. The molecule has 5 aromatic rings. The molecule has 0 saturated heterocycles. The van der Waals surface area contributed by atoms with Gasteiger partial charge in [0, 0.05) is 45.4 Å². The summed E-state index contributed by atoms with van der Waals surface area (Å²) >= 11 is 0. The Bertz CT molecular complexity index is 2410. The Morgan fingerprint density at radius 2 is 1.87 bits per heavy atom. The number of fused-ring (bicyclic) bond motifs is 6. The number of allylic oxidation sites excluding steroid dienone is 7. The van der Waals surface area contributed by atoms with Gasteiger partial charge in [-0.3, -0.25) is 5.32 Å². The molecule has 3 aromatic carbocycles. The molecule has 5 unspecified atom stereocenters. The standard InChI is InChI=1S/C47H46N4O/c1-30-13-11-22-40-43(30)38-20-9-10-21-39(38)51(40)47(2)26-25-37-36-24-23-35(28-41(36)52-42(37)29-47)46-49-44(32-16-7-4-8-17-32)48-45(50-46)34-19-12-18-33(27-34)31-14-5-3-6-15-31/h3,5-7,9-10,12,14,16-21,23-28,30-31,44,46,49H,4,8,11,13,15,22,29H2,1-2H3,(H,48,50).